The third kappa shape index (κ3) is 5.51. The minimum atomic E-state index is -0.0906. The lowest BCUT2D eigenvalue weighted by Gasteiger charge is -2.08. The van der Waals surface area contributed by atoms with Crippen LogP contribution in [0, 0.1) is 0 Å². The number of methoxy groups -OCH3 is 1. The molecule has 4 nitrogen and oxygen atoms in total. The summed E-state index contributed by atoms with van der Waals surface area (Å²) < 4.78 is 10.6. The van der Waals surface area contributed by atoms with Crippen molar-refractivity contribution in [3.63, 3.8) is 0 Å². The first-order chi connectivity index (χ1) is 11.2. The summed E-state index contributed by atoms with van der Waals surface area (Å²) in [7, 11) is 1.62. The highest BCUT2D eigenvalue weighted by Crippen LogP contribution is 2.16. The third-order valence-electron chi connectivity index (χ3n) is 3.26. The first-order valence-electron chi connectivity index (χ1n) is 7.47. The Kier molecular flexibility index (Phi) is 6.24. The van der Waals surface area contributed by atoms with Crippen molar-refractivity contribution in [1.82, 2.24) is 5.32 Å². The molecule has 0 aromatic heterocycles. The number of hydrogen-bond acceptors (Lipinski definition) is 3. The zero-order valence-electron chi connectivity index (χ0n) is 13.4. The van der Waals surface area contributed by atoms with Crippen molar-refractivity contribution in [3.8, 4) is 11.5 Å². The van der Waals surface area contributed by atoms with Gasteiger partial charge in [-0.2, -0.15) is 0 Å². The van der Waals surface area contributed by atoms with Crippen molar-refractivity contribution in [2.24, 2.45) is 0 Å². The maximum atomic E-state index is 12.0. The number of hydrogen-bond donors (Lipinski definition) is 1. The van der Waals surface area contributed by atoms with Gasteiger partial charge in [-0.05, 0) is 42.8 Å². The average molecular weight is 311 g/mol. The van der Waals surface area contributed by atoms with E-state index in [1.54, 1.807) is 14.0 Å². The van der Waals surface area contributed by atoms with Gasteiger partial charge in [0.15, 0.2) is 0 Å². The van der Waals surface area contributed by atoms with E-state index in [0.717, 1.165) is 17.1 Å². The Morgan fingerprint density at radius 1 is 1.04 bits per heavy atom. The number of benzene rings is 2. The normalized spacial score (nSPS) is 11.0. The molecule has 0 heterocycles. The molecule has 0 aliphatic carbocycles. The molecule has 0 radical (unpaired) electrons. The van der Waals surface area contributed by atoms with Crippen molar-refractivity contribution >= 4 is 12.0 Å². The molecule has 0 aliphatic rings. The van der Waals surface area contributed by atoms with Gasteiger partial charge < -0.3 is 14.8 Å². The van der Waals surface area contributed by atoms with E-state index in [9.17, 15) is 4.79 Å². The number of nitrogens with one attached hydrogen (secondary N) is 1. The van der Waals surface area contributed by atoms with Gasteiger partial charge in [-0.3, -0.25) is 4.79 Å². The van der Waals surface area contributed by atoms with E-state index in [4.69, 9.17) is 9.47 Å². The van der Waals surface area contributed by atoms with Gasteiger partial charge in [-0.15, -0.1) is 0 Å². The first-order valence-corrected chi connectivity index (χ1v) is 7.47. The Morgan fingerprint density at radius 2 is 1.70 bits per heavy atom. The van der Waals surface area contributed by atoms with Gasteiger partial charge in [0.25, 0.3) is 0 Å². The average Bonchev–Trinajstić information content (AvgIpc) is 2.60. The summed E-state index contributed by atoms with van der Waals surface area (Å²) >= 11 is 0. The molecule has 0 unspecified atom stereocenters. The molecule has 0 fully saturated rings. The molecule has 0 saturated heterocycles. The van der Waals surface area contributed by atoms with Crippen LogP contribution in [0.4, 0.5) is 0 Å². The number of carbonyl (C=O) groups is 1. The van der Waals surface area contributed by atoms with Gasteiger partial charge in [0.1, 0.15) is 18.1 Å². The summed E-state index contributed by atoms with van der Waals surface area (Å²) in [6.45, 7) is 2.66. The molecule has 0 saturated carbocycles. The molecule has 1 amide bonds. The molecule has 0 aliphatic heterocycles. The van der Waals surface area contributed by atoms with Crippen LogP contribution >= 0.6 is 0 Å². The van der Waals surface area contributed by atoms with Gasteiger partial charge in [-0.25, -0.2) is 0 Å². The van der Waals surface area contributed by atoms with Crippen LogP contribution in [0.2, 0.25) is 0 Å². The molecule has 2 aromatic carbocycles. The minimum Gasteiger partial charge on any atom is -0.497 e. The fourth-order valence-corrected chi connectivity index (χ4v) is 2.01. The van der Waals surface area contributed by atoms with E-state index in [1.807, 2.05) is 60.7 Å². The minimum absolute atomic E-state index is 0.0906. The van der Waals surface area contributed by atoms with Crippen molar-refractivity contribution in [2.45, 2.75) is 6.92 Å². The molecule has 2 aromatic rings. The summed E-state index contributed by atoms with van der Waals surface area (Å²) in [5.74, 6) is 1.44. The largest absolute Gasteiger partial charge is 0.497 e. The second kappa shape index (κ2) is 8.63. The number of ether oxygens (including phenoxy) is 2. The van der Waals surface area contributed by atoms with Gasteiger partial charge >= 0.3 is 0 Å². The van der Waals surface area contributed by atoms with Crippen molar-refractivity contribution < 1.29 is 14.3 Å². The smallest absolute Gasteiger partial charge is 0.247 e. The van der Waals surface area contributed by atoms with Gasteiger partial charge in [0.05, 0.1) is 13.7 Å². The van der Waals surface area contributed by atoms with Crippen molar-refractivity contribution in [2.75, 3.05) is 20.3 Å². The second-order valence-corrected chi connectivity index (χ2v) is 5.02. The lowest BCUT2D eigenvalue weighted by molar-refractivity contribution is -0.117. The van der Waals surface area contributed by atoms with E-state index >= 15 is 0 Å². The second-order valence-electron chi connectivity index (χ2n) is 5.02. The Labute approximate surface area is 136 Å². The highest BCUT2D eigenvalue weighted by Gasteiger charge is 2.03. The molecule has 120 valence electrons. The summed E-state index contributed by atoms with van der Waals surface area (Å²) in [5.41, 5.74) is 1.68. The zero-order chi connectivity index (χ0) is 16.5. The number of amides is 1. The Bertz CT molecular complexity index is 648. The van der Waals surface area contributed by atoms with Crippen molar-refractivity contribution in [1.29, 1.82) is 0 Å². The van der Waals surface area contributed by atoms with Gasteiger partial charge in [0, 0.05) is 5.57 Å². The fourth-order valence-electron chi connectivity index (χ4n) is 2.01. The molecule has 0 spiro atoms. The van der Waals surface area contributed by atoms with Crippen LogP contribution in [0.25, 0.3) is 6.08 Å². The Balaban J connectivity index is 1.74. The molecule has 2 rings (SSSR count). The van der Waals surface area contributed by atoms with E-state index in [1.165, 1.54) is 0 Å². The molecule has 0 atom stereocenters. The molecule has 4 heteroatoms. The fraction of sp³-hybridized carbons (Fsp3) is 0.211. The highest BCUT2D eigenvalue weighted by molar-refractivity contribution is 5.97. The molecular weight excluding hydrogens is 290 g/mol. The summed E-state index contributed by atoms with van der Waals surface area (Å²) in [5, 5.41) is 2.84. The van der Waals surface area contributed by atoms with Crippen LogP contribution in [0.3, 0.4) is 0 Å². The topological polar surface area (TPSA) is 47.6 Å². The lowest BCUT2D eigenvalue weighted by Crippen LogP contribution is -2.28. The maximum Gasteiger partial charge on any atom is 0.247 e. The maximum absolute atomic E-state index is 12.0. The summed E-state index contributed by atoms with van der Waals surface area (Å²) in [6.07, 6.45) is 1.86. The number of rotatable bonds is 7. The van der Waals surface area contributed by atoms with Crippen LogP contribution in [0.1, 0.15) is 12.5 Å². The van der Waals surface area contributed by atoms with Crippen molar-refractivity contribution in [3.05, 3.63) is 65.7 Å². The van der Waals surface area contributed by atoms with Gasteiger partial charge in [-0.1, -0.05) is 30.3 Å². The molecule has 1 N–H and O–H groups in total. The highest BCUT2D eigenvalue weighted by atomic mass is 16.5. The standard InChI is InChI=1S/C19H21NO3/c1-15(14-16-6-4-3-5-7-16)19(21)20-12-13-23-18-10-8-17(22-2)9-11-18/h3-11,14H,12-13H2,1-2H3,(H,20,21)/b15-14+. The van der Waals surface area contributed by atoms with E-state index in [2.05, 4.69) is 5.32 Å². The van der Waals surface area contributed by atoms with Crippen LogP contribution in [0.15, 0.2) is 60.2 Å². The molecular formula is C19H21NO3. The van der Waals surface area contributed by atoms with Crippen LogP contribution in [-0.2, 0) is 4.79 Å². The van der Waals surface area contributed by atoms with Gasteiger partial charge in [0.2, 0.25) is 5.91 Å². The molecule has 0 bridgehead atoms. The Morgan fingerprint density at radius 3 is 2.35 bits per heavy atom. The predicted molar refractivity (Wildman–Crippen MR) is 91.6 cm³/mol. The lowest BCUT2D eigenvalue weighted by atomic mass is 10.1. The quantitative estimate of drug-likeness (QED) is 0.630. The zero-order valence-corrected chi connectivity index (χ0v) is 13.4. The van der Waals surface area contributed by atoms with E-state index < -0.39 is 0 Å². The number of carbonyl (C=O) groups excluding carboxylic acids is 1. The molecule has 23 heavy (non-hydrogen) atoms. The van der Waals surface area contributed by atoms with Crippen LogP contribution < -0.4 is 14.8 Å². The summed E-state index contributed by atoms with van der Waals surface area (Å²) in [6, 6.07) is 17.1. The Hall–Kier alpha value is -2.75. The van der Waals surface area contributed by atoms with E-state index in [0.29, 0.717) is 18.7 Å². The predicted octanol–water partition coefficient (Wildman–Crippen LogP) is 3.29. The monoisotopic (exact) mass is 311 g/mol. The van der Waals surface area contributed by atoms with Crippen LogP contribution in [-0.4, -0.2) is 26.2 Å². The van der Waals surface area contributed by atoms with E-state index in [-0.39, 0.29) is 5.91 Å². The third-order valence-corrected chi connectivity index (χ3v) is 3.26. The SMILES string of the molecule is COc1ccc(OCCNC(=O)/C(C)=C/c2ccccc2)cc1. The van der Waals surface area contributed by atoms with Crippen LogP contribution in [0.5, 0.6) is 11.5 Å². The summed E-state index contributed by atoms with van der Waals surface area (Å²) in [4.78, 5) is 12.0. The first kappa shape index (κ1) is 16.6.